The van der Waals surface area contributed by atoms with Crippen LogP contribution >= 0.6 is 11.6 Å². The Hall–Kier alpha value is -0.730. The lowest BCUT2D eigenvalue weighted by atomic mass is 9.98. The van der Waals surface area contributed by atoms with Crippen LogP contribution in [0, 0.1) is 20.8 Å². The van der Waals surface area contributed by atoms with Gasteiger partial charge in [0.1, 0.15) is 5.75 Å². The molecule has 0 saturated carbocycles. The van der Waals surface area contributed by atoms with Crippen LogP contribution in [0.15, 0.2) is 0 Å². The predicted molar refractivity (Wildman–Crippen MR) is 65.0 cm³/mol. The molecule has 0 spiro atoms. The molecule has 0 aliphatic heterocycles. The molecule has 0 unspecified atom stereocenters. The van der Waals surface area contributed by atoms with Gasteiger partial charge in [0, 0.05) is 17.1 Å². The summed E-state index contributed by atoms with van der Waals surface area (Å²) in [5.41, 5.74) is 4.48. The quantitative estimate of drug-likeness (QED) is 0.857. The minimum Gasteiger partial charge on any atom is -0.496 e. The smallest absolute Gasteiger partial charge is 0.126 e. The van der Waals surface area contributed by atoms with E-state index in [4.69, 9.17) is 16.3 Å². The molecule has 84 valence electrons. The largest absolute Gasteiger partial charge is 0.496 e. The summed E-state index contributed by atoms with van der Waals surface area (Å²) in [4.78, 5) is 0. The number of hydrogen-bond acceptors (Lipinski definition) is 2. The van der Waals surface area contributed by atoms with Crippen LogP contribution in [0.3, 0.4) is 0 Å². The first-order chi connectivity index (χ1) is 7.04. The van der Waals surface area contributed by atoms with E-state index in [-0.39, 0.29) is 0 Å². The second-order valence-corrected chi connectivity index (χ2v) is 4.11. The molecule has 2 nitrogen and oxygen atoms in total. The predicted octanol–water partition coefficient (Wildman–Crippen LogP) is 2.99. The Morgan fingerprint density at radius 2 is 1.73 bits per heavy atom. The van der Waals surface area contributed by atoms with Crippen molar-refractivity contribution in [3.63, 3.8) is 0 Å². The lowest BCUT2D eigenvalue weighted by Gasteiger charge is -2.18. The monoisotopic (exact) mass is 227 g/mol. The zero-order chi connectivity index (χ0) is 11.6. The highest BCUT2D eigenvalue weighted by Crippen LogP contribution is 2.35. The molecule has 0 radical (unpaired) electrons. The number of hydrogen-bond donors (Lipinski definition) is 1. The van der Waals surface area contributed by atoms with E-state index in [0.717, 1.165) is 39.6 Å². The number of rotatable bonds is 3. The van der Waals surface area contributed by atoms with E-state index in [1.807, 2.05) is 27.8 Å². The topological polar surface area (TPSA) is 21.3 Å². The zero-order valence-electron chi connectivity index (χ0n) is 9.99. The highest BCUT2D eigenvalue weighted by Gasteiger charge is 2.15. The number of ether oxygens (including phenoxy) is 1. The van der Waals surface area contributed by atoms with Gasteiger partial charge in [-0.2, -0.15) is 0 Å². The van der Waals surface area contributed by atoms with Gasteiger partial charge in [0.2, 0.25) is 0 Å². The molecule has 1 aromatic carbocycles. The van der Waals surface area contributed by atoms with E-state index >= 15 is 0 Å². The highest BCUT2D eigenvalue weighted by molar-refractivity contribution is 6.32. The number of nitrogens with one attached hydrogen (secondary N) is 1. The summed E-state index contributed by atoms with van der Waals surface area (Å²) in [5.74, 6) is 0.948. The van der Waals surface area contributed by atoms with Crippen LogP contribution in [0.1, 0.15) is 22.3 Å². The van der Waals surface area contributed by atoms with Gasteiger partial charge < -0.3 is 10.1 Å². The molecule has 0 aliphatic rings. The average molecular weight is 228 g/mol. The van der Waals surface area contributed by atoms with E-state index in [2.05, 4.69) is 5.32 Å². The van der Waals surface area contributed by atoms with Crippen LogP contribution in [0.25, 0.3) is 0 Å². The van der Waals surface area contributed by atoms with E-state index in [9.17, 15) is 0 Å². The molecular weight excluding hydrogens is 210 g/mol. The summed E-state index contributed by atoms with van der Waals surface area (Å²) in [7, 11) is 3.62. The first-order valence-electron chi connectivity index (χ1n) is 5.01. The first-order valence-corrected chi connectivity index (χ1v) is 5.39. The van der Waals surface area contributed by atoms with Crippen molar-refractivity contribution in [2.75, 3.05) is 14.2 Å². The summed E-state index contributed by atoms with van der Waals surface area (Å²) in [5, 5.41) is 3.98. The second kappa shape index (κ2) is 4.86. The second-order valence-electron chi connectivity index (χ2n) is 3.73. The van der Waals surface area contributed by atoms with Gasteiger partial charge in [-0.1, -0.05) is 11.6 Å². The maximum atomic E-state index is 6.27. The van der Waals surface area contributed by atoms with Crippen LogP contribution in [-0.4, -0.2) is 14.2 Å². The molecule has 0 aromatic heterocycles. The summed E-state index contributed by atoms with van der Waals surface area (Å²) >= 11 is 6.27. The van der Waals surface area contributed by atoms with Crippen molar-refractivity contribution in [1.29, 1.82) is 0 Å². The molecule has 1 N–H and O–H groups in total. The Kier molecular flexibility index (Phi) is 4.00. The lowest BCUT2D eigenvalue weighted by molar-refractivity contribution is 0.404. The van der Waals surface area contributed by atoms with Gasteiger partial charge in [0.05, 0.1) is 7.11 Å². The van der Waals surface area contributed by atoms with E-state index < -0.39 is 0 Å². The maximum Gasteiger partial charge on any atom is 0.126 e. The molecule has 0 saturated heterocycles. The third-order valence-electron chi connectivity index (χ3n) is 2.85. The Labute approximate surface area is 96.6 Å². The minimum absolute atomic E-state index is 0.774. The molecule has 0 amide bonds. The van der Waals surface area contributed by atoms with Crippen LogP contribution in [0.2, 0.25) is 5.02 Å². The van der Waals surface area contributed by atoms with E-state index in [1.54, 1.807) is 7.11 Å². The zero-order valence-corrected chi connectivity index (χ0v) is 10.7. The van der Waals surface area contributed by atoms with Crippen molar-refractivity contribution in [3.8, 4) is 5.75 Å². The van der Waals surface area contributed by atoms with Gasteiger partial charge in [-0.05, 0) is 44.5 Å². The molecule has 0 fully saturated rings. The van der Waals surface area contributed by atoms with Gasteiger partial charge in [-0.15, -0.1) is 0 Å². The van der Waals surface area contributed by atoms with Gasteiger partial charge in [-0.25, -0.2) is 0 Å². The standard InChI is InChI=1S/C12H18ClNO/c1-7-8(2)12(15-5)10(6-14-4)9(3)11(7)13/h14H,6H2,1-5H3. The SMILES string of the molecule is CNCc1c(C)c(Cl)c(C)c(C)c1OC. The first kappa shape index (κ1) is 12.3. The highest BCUT2D eigenvalue weighted by atomic mass is 35.5. The van der Waals surface area contributed by atoms with Gasteiger partial charge in [0.25, 0.3) is 0 Å². The van der Waals surface area contributed by atoms with E-state index in [1.165, 1.54) is 0 Å². The Morgan fingerprint density at radius 3 is 2.20 bits per heavy atom. The fourth-order valence-electron chi connectivity index (χ4n) is 1.81. The van der Waals surface area contributed by atoms with Crippen LogP contribution in [0.5, 0.6) is 5.75 Å². The van der Waals surface area contributed by atoms with Crippen molar-refractivity contribution in [3.05, 3.63) is 27.3 Å². The fourth-order valence-corrected chi connectivity index (χ4v) is 2.07. The van der Waals surface area contributed by atoms with Crippen molar-refractivity contribution in [2.24, 2.45) is 0 Å². The molecule has 0 atom stereocenters. The van der Waals surface area contributed by atoms with Crippen molar-refractivity contribution >= 4 is 11.6 Å². The molecule has 1 aromatic rings. The Balaban J connectivity index is 3.47. The van der Waals surface area contributed by atoms with Gasteiger partial charge in [0.15, 0.2) is 0 Å². The fraction of sp³-hybridized carbons (Fsp3) is 0.500. The van der Waals surface area contributed by atoms with Crippen LogP contribution in [0.4, 0.5) is 0 Å². The van der Waals surface area contributed by atoms with Crippen LogP contribution < -0.4 is 10.1 Å². The third kappa shape index (κ3) is 2.11. The number of halogens is 1. The van der Waals surface area contributed by atoms with Crippen molar-refractivity contribution in [1.82, 2.24) is 5.32 Å². The number of benzene rings is 1. The Morgan fingerprint density at radius 1 is 1.13 bits per heavy atom. The molecule has 0 bridgehead atoms. The molecule has 1 rings (SSSR count). The number of methoxy groups -OCH3 is 1. The van der Waals surface area contributed by atoms with Crippen molar-refractivity contribution in [2.45, 2.75) is 27.3 Å². The normalized spacial score (nSPS) is 10.5. The summed E-state index contributed by atoms with van der Waals surface area (Å²) in [6, 6.07) is 0. The molecule has 3 heteroatoms. The molecule has 15 heavy (non-hydrogen) atoms. The van der Waals surface area contributed by atoms with Crippen LogP contribution in [-0.2, 0) is 6.54 Å². The van der Waals surface area contributed by atoms with Gasteiger partial charge in [-0.3, -0.25) is 0 Å². The van der Waals surface area contributed by atoms with E-state index in [0.29, 0.717) is 0 Å². The Bertz CT molecular complexity index is 375. The summed E-state index contributed by atoms with van der Waals surface area (Å²) in [6.45, 7) is 6.87. The third-order valence-corrected chi connectivity index (χ3v) is 3.41. The molecule has 0 heterocycles. The summed E-state index contributed by atoms with van der Waals surface area (Å²) < 4.78 is 5.45. The van der Waals surface area contributed by atoms with Gasteiger partial charge >= 0.3 is 0 Å². The van der Waals surface area contributed by atoms with Crippen molar-refractivity contribution < 1.29 is 4.74 Å². The molecular formula is C12H18ClNO. The minimum atomic E-state index is 0.774. The summed E-state index contributed by atoms with van der Waals surface area (Å²) in [6.07, 6.45) is 0. The average Bonchev–Trinajstić information content (AvgIpc) is 2.24. The maximum absolute atomic E-state index is 6.27. The lowest BCUT2D eigenvalue weighted by Crippen LogP contribution is -2.10. The molecule has 0 aliphatic carbocycles.